The van der Waals surface area contributed by atoms with E-state index < -0.39 is 0 Å². The lowest BCUT2D eigenvalue weighted by Gasteiger charge is -2.16. The predicted molar refractivity (Wildman–Crippen MR) is 120 cm³/mol. The van der Waals surface area contributed by atoms with Crippen molar-refractivity contribution in [3.63, 3.8) is 0 Å². The van der Waals surface area contributed by atoms with E-state index in [1.54, 1.807) is 17.0 Å². The fourth-order valence-electron chi connectivity index (χ4n) is 3.45. The fourth-order valence-corrected chi connectivity index (χ4v) is 3.45. The number of carbonyl (C=O) groups excluding carboxylic acids is 2. The zero-order valence-corrected chi connectivity index (χ0v) is 17.0. The van der Waals surface area contributed by atoms with E-state index in [1.807, 2.05) is 72.8 Å². The normalized spacial score (nSPS) is 13.0. The van der Waals surface area contributed by atoms with Crippen molar-refractivity contribution in [2.24, 2.45) is 5.10 Å². The van der Waals surface area contributed by atoms with Crippen molar-refractivity contribution in [3.8, 4) is 5.75 Å². The second-order valence-corrected chi connectivity index (χ2v) is 7.16. The Balaban J connectivity index is 1.42. The number of nitrogens with one attached hydrogen (secondary N) is 1. The summed E-state index contributed by atoms with van der Waals surface area (Å²) in [5.74, 6) is 0.272. The Morgan fingerprint density at radius 1 is 0.935 bits per heavy atom. The molecule has 0 aliphatic carbocycles. The SMILES string of the molecule is O=C(COc1cccc(N2CCCC2=O)c1)NN=C(c1ccccc1)c1ccccc1. The number of amides is 2. The molecule has 3 aromatic carbocycles. The van der Waals surface area contributed by atoms with Crippen LogP contribution in [0.4, 0.5) is 5.69 Å². The molecule has 4 rings (SSSR count). The highest BCUT2D eigenvalue weighted by atomic mass is 16.5. The zero-order valence-electron chi connectivity index (χ0n) is 17.0. The quantitative estimate of drug-likeness (QED) is 0.474. The molecule has 1 heterocycles. The van der Waals surface area contributed by atoms with E-state index in [2.05, 4.69) is 10.5 Å². The second-order valence-electron chi connectivity index (χ2n) is 7.16. The van der Waals surface area contributed by atoms with Gasteiger partial charge in [0.2, 0.25) is 5.91 Å². The van der Waals surface area contributed by atoms with E-state index in [4.69, 9.17) is 4.74 Å². The number of nitrogens with zero attached hydrogens (tertiary/aromatic N) is 2. The number of hydrogen-bond acceptors (Lipinski definition) is 4. The lowest BCUT2D eigenvalue weighted by molar-refractivity contribution is -0.123. The van der Waals surface area contributed by atoms with Crippen LogP contribution in [0.1, 0.15) is 24.0 Å². The number of hydrazone groups is 1. The lowest BCUT2D eigenvalue weighted by atomic mass is 10.0. The van der Waals surface area contributed by atoms with Crippen LogP contribution in [0.2, 0.25) is 0 Å². The first-order chi connectivity index (χ1) is 15.2. The summed E-state index contributed by atoms with van der Waals surface area (Å²) in [5.41, 5.74) is 5.84. The molecule has 1 N–H and O–H groups in total. The van der Waals surface area contributed by atoms with Gasteiger partial charge in [0.25, 0.3) is 5.91 Å². The molecule has 0 unspecified atom stereocenters. The Labute approximate surface area is 181 Å². The number of benzene rings is 3. The standard InChI is InChI=1S/C25H23N3O3/c29-23(18-31-22-14-7-13-21(17-22)28-16-8-15-24(28)30)26-27-25(19-9-3-1-4-10-19)20-11-5-2-6-12-20/h1-7,9-14,17H,8,15-16,18H2,(H,26,29). The summed E-state index contributed by atoms with van der Waals surface area (Å²) < 4.78 is 5.63. The van der Waals surface area contributed by atoms with Crippen LogP contribution in [0.15, 0.2) is 90.0 Å². The van der Waals surface area contributed by atoms with Crippen molar-refractivity contribution in [1.82, 2.24) is 5.43 Å². The number of hydrogen-bond donors (Lipinski definition) is 1. The van der Waals surface area contributed by atoms with Crippen LogP contribution in [0, 0.1) is 0 Å². The minimum Gasteiger partial charge on any atom is -0.484 e. The number of ether oxygens (including phenoxy) is 1. The molecule has 1 aliphatic heterocycles. The predicted octanol–water partition coefficient (Wildman–Crippen LogP) is 3.76. The zero-order chi connectivity index (χ0) is 21.5. The summed E-state index contributed by atoms with van der Waals surface area (Å²) in [5, 5.41) is 4.35. The number of rotatable bonds is 7. The molecule has 156 valence electrons. The van der Waals surface area contributed by atoms with Crippen LogP contribution in [0.25, 0.3) is 0 Å². The fraction of sp³-hybridized carbons (Fsp3) is 0.160. The van der Waals surface area contributed by atoms with Crippen molar-refractivity contribution >= 4 is 23.2 Å². The van der Waals surface area contributed by atoms with Gasteiger partial charge in [0.05, 0.1) is 5.71 Å². The Morgan fingerprint density at radius 3 is 2.23 bits per heavy atom. The summed E-state index contributed by atoms with van der Waals surface area (Å²) in [4.78, 5) is 26.0. The third-order valence-electron chi connectivity index (χ3n) is 4.96. The number of carbonyl (C=O) groups is 2. The van der Waals surface area contributed by atoms with Crippen molar-refractivity contribution < 1.29 is 14.3 Å². The molecule has 0 saturated carbocycles. The summed E-state index contributed by atoms with van der Waals surface area (Å²) in [6.45, 7) is 0.525. The van der Waals surface area contributed by atoms with E-state index >= 15 is 0 Å². The minimum atomic E-state index is -0.369. The summed E-state index contributed by atoms with van der Waals surface area (Å²) >= 11 is 0. The van der Waals surface area contributed by atoms with Gasteiger partial charge in [0.15, 0.2) is 6.61 Å². The molecule has 2 amide bonds. The Kier molecular flexibility index (Phi) is 6.38. The Morgan fingerprint density at radius 2 is 1.61 bits per heavy atom. The van der Waals surface area contributed by atoms with Gasteiger partial charge in [0, 0.05) is 35.8 Å². The van der Waals surface area contributed by atoms with Gasteiger partial charge in [0.1, 0.15) is 5.75 Å². The molecule has 6 nitrogen and oxygen atoms in total. The maximum atomic E-state index is 12.4. The van der Waals surface area contributed by atoms with Gasteiger partial charge >= 0.3 is 0 Å². The lowest BCUT2D eigenvalue weighted by Crippen LogP contribution is -2.26. The monoisotopic (exact) mass is 413 g/mol. The minimum absolute atomic E-state index is 0.110. The van der Waals surface area contributed by atoms with Crippen LogP contribution in [0.3, 0.4) is 0 Å². The van der Waals surface area contributed by atoms with Crippen molar-refractivity contribution in [3.05, 3.63) is 96.1 Å². The molecule has 0 bridgehead atoms. The van der Waals surface area contributed by atoms with Crippen molar-refractivity contribution in [2.75, 3.05) is 18.1 Å². The molecule has 1 saturated heterocycles. The first-order valence-electron chi connectivity index (χ1n) is 10.2. The molecule has 1 aliphatic rings. The van der Waals surface area contributed by atoms with Gasteiger partial charge in [-0.2, -0.15) is 5.10 Å². The van der Waals surface area contributed by atoms with Gasteiger partial charge in [-0.05, 0) is 18.6 Å². The highest BCUT2D eigenvalue weighted by molar-refractivity contribution is 6.13. The third kappa shape index (κ3) is 5.17. The molecular weight excluding hydrogens is 390 g/mol. The van der Waals surface area contributed by atoms with Crippen LogP contribution < -0.4 is 15.1 Å². The second kappa shape index (κ2) is 9.71. The van der Waals surface area contributed by atoms with E-state index in [9.17, 15) is 9.59 Å². The van der Waals surface area contributed by atoms with E-state index in [-0.39, 0.29) is 18.4 Å². The molecular formula is C25H23N3O3. The van der Waals surface area contributed by atoms with Crippen LogP contribution in [0.5, 0.6) is 5.75 Å². The van der Waals surface area contributed by atoms with Gasteiger partial charge in [-0.25, -0.2) is 5.43 Å². The first-order valence-corrected chi connectivity index (χ1v) is 10.2. The average molecular weight is 413 g/mol. The summed E-state index contributed by atoms with van der Waals surface area (Å²) in [6.07, 6.45) is 1.42. The molecule has 0 spiro atoms. The Bertz CT molecular complexity index is 1040. The largest absolute Gasteiger partial charge is 0.484 e. The third-order valence-corrected chi connectivity index (χ3v) is 4.96. The summed E-state index contributed by atoms with van der Waals surface area (Å²) in [7, 11) is 0. The van der Waals surface area contributed by atoms with E-state index in [0.29, 0.717) is 24.4 Å². The topological polar surface area (TPSA) is 71.0 Å². The van der Waals surface area contributed by atoms with Crippen LogP contribution >= 0.6 is 0 Å². The van der Waals surface area contributed by atoms with Crippen LogP contribution in [-0.2, 0) is 9.59 Å². The molecule has 6 heteroatoms. The van der Waals surface area contributed by atoms with Gasteiger partial charge in [-0.3, -0.25) is 9.59 Å². The maximum absolute atomic E-state index is 12.4. The first kappa shape index (κ1) is 20.3. The van der Waals surface area contributed by atoms with Crippen LogP contribution in [-0.4, -0.2) is 30.7 Å². The molecule has 3 aromatic rings. The highest BCUT2D eigenvalue weighted by Crippen LogP contribution is 2.25. The summed E-state index contributed by atoms with van der Waals surface area (Å²) in [6, 6.07) is 26.6. The van der Waals surface area contributed by atoms with E-state index in [0.717, 1.165) is 23.2 Å². The highest BCUT2D eigenvalue weighted by Gasteiger charge is 2.21. The Hall–Kier alpha value is -3.93. The molecule has 31 heavy (non-hydrogen) atoms. The average Bonchev–Trinajstić information content (AvgIpc) is 3.25. The maximum Gasteiger partial charge on any atom is 0.277 e. The van der Waals surface area contributed by atoms with Gasteiger partial charge < -0.3 is 9.64 Å². The van der Waals surface area contributed by atoms with Crippen molar-refractivity contribution in [1.29, 1.82) is 0 Å². The van der Waals surface area contributed by atoms with Gasteiger partial charge in [-0.15, -0.1) is 0 Å². The van der Waals surface area contributed by atoms with Gasteiger partial charge in [-0.1, -0.05) is 66.7 Å². The number of anilines is 1. The van der Waals surface area contributed by atoms with Crippen molar-refractivity contribution in [2.45, 2.75) is 12.8 Å². The molecule has 1 fully saturated rings. The molecule has 0 atom stereocenters. The van der Waals surface area contributed by atoms with E-state index in [1.165, 1.54) is 0 Å². The molecule has 0 radical (unpaired) electrons. The smallest absolute Gasteiger partial charge is 0.277 e. The molecule has 0 aromatic heterocycles.